The third-order valence-electron chi connectivity index (χ3n) is 5.14. The van der Waals surface area contributed by atoms with Crippen molar-refractivity contribution in [2.75, 3.05) is 12.0 Å². The van der Waals surface area contributed by atoms with Crippen molar-refractivity contribution in [3.63, 3.8) is 0 Å². The second-order valence-electron chi connectivity index (χ2n) is 6.96. The van der Waals surface area contributed by atoms with Gasteiger partial charge in [0, 0.05) is 23.6 Å². The van der Waals surface area contributed by atoms with Crippen LogP contribution in [0.25, 0.3) is 5.76 Å². The van der Waals surface area contributed by atoms with Crippen molar-refractivity contribution >= 4 is 34.7 Å². The monoisotopic (exact) mass is 445 g/mol. The molecule has 1 N–H and O–H groups in total. The van der Waals surface area contributed by atoms with E-state index in [9.17, 15) is 14.7 Å². The Kier molecular flexibility index (Phi) is 5.63. The SMILES string of the molecule is COc1ccc(/C(O)=C2/C(=O)C(=O)N(c3ccc(C#N)cc3)C2c2cccnc2)cc1Cl. The molecule has 0 saturated carbocycles. The lowest BCUT2D eigenvalue weighted by atomic mass is 9.96. The number of aromatic nitrogens is 1. The summed E-state index contributed by atoms with van der Waals surface area (Å²) in [6, 6.07) is 15.3. The molecule has 7 nitrogen and oxygen atoms in total. The Labute approximate surface area is 188 Å². The van der Waals surface area contributed by atoms with Crippen LogP contribution in [0.1, 0.15) is 22.7 Å². The van der Waals surface area contributed by atoms with E-state index in [1.165, 1.54) is 24.3 Å². The predicted molar refractivity (Wildman–Crippen MR) is 118 cm³/mol. The van der Waals surface area contributed by atoms with Gasteiger partial charge in [-0.05, 0) is 54.1 Å². The molecule has 1 fully saturated rings. The van der Waals surface area contributed by atoms with E-state index in [2.05, 4.69) is 4.98 Å². The highest BCUT2D eigenvalue weighted by Crippen LogP contribution is 2.42. The zero-order valence-electron chi connectivity index (χ0n) is 16.8. The molecule has 2 aromatic carbocycles. The van der Waals surface area contributed by atoms with Gasteiger partial charge in [0.1, 0.15) is 11.5 Å². The number of halogens is 1. The lowest BCUT2D eigenvalue weighted by molar-refractivity contribution is -0.132. The van der Waals surface area contributed by atoms with E-state index in [1.54, 1.807) is 54.7 Å². The van der Waals surface area contributed by atoms with Crippen molar-refractivity contribution < 1.29 is 19.4 Å². The molecule has 158 valence electrons. The standard InChI is InChI=1S/C24H16ClN3O4/c1-32-19-9-6-15(11-18(19)25)22(29)20-21(16-3-2-10-27-13-16)28(24(31)23(20)30)17-7-4-14(12-26)5-8-17/h2-11,13,21,29H,1H3/b22-20-. The van der Waals surface area contributed by atoms with Crippen molar-refractivity contribution in [3.05, 3.63) is 94.3 Å². The fourth-order valence-corrected chi connectivity index (χ4v) is 3.88. The largest absolute Gasteiger partial charge is 0.507 e. The molecule has 4 rings (SSSR count). The molecule has 2 heterocycles. The van der Waals surface area contributed by atoms with Crippen LogP contribution in [0.3, 0.4) is 0 Å². The Balaban J connectivity index is 1.91. The molecular formula is C24H16ClN3O4. The maximum absolute atomic E-state index is 13.1. The summed E-state index contributed by atoms with van der Waals surface area (Å²) in [6.45, 7) is 0. The summed E-state index contributed by atoms with van der Waals surface area (Å²) in [6.07, 6.45) is 3.10. The number of anilines is 1. The molecule has 1 atom stereocenters. The first-order valence-corrected chi connectivity index (χ1v) is 9.89. The van der Waals surface area contributed by atoms with Crippen molar-refractivity contribution in [2.24, 2.45) is 0 Å². The first-order valence-electron chi connectivity index (χ1n) is 9.51. The molecule has 1 aliphatic heterocycles. The van der Waals surface area contributed by atoms with Gasteiger partial charge >= 0.3 is 0 Å². The Morgan fingerprint density at radius 1 is 1.19 bits per heavy atom. The second kappa shape index (κ2) is 8.53. The summed E-state index contributed by atoms with van der Waals surface area (Å²) in [5, 5.41) is 20.4. The summed E-state index contributed by atoms with van der Waals surface area (Å²) >= 11 is 6.19. The summed E-state index contributed by atoms with van der Waals surface area (Å²) in [5.74, 6) is -1.60. The highest BCUT2D eigenvalue weighted by molar-refractivity contribution is 6.51. The quantitative estimate of drug-likeness (QED) is 0.366. The number of pyridine rings is 1. The number of rotatable bonds is 4. The fraction of sp³-hybridized carbons (Fsp3) is 0.0833. The molecule has 1 amide bonds. The first-order chi connectivity index (χ1) is 15.5. The number of amides is 1. The van der Waals surface area contributed by atoms with Gasteiger partial charge < -0.3 is 9.84 Å². The van der Waals surface area contributed by atoms with E-state index < -0.39 is 17.7 Å². The van der Waals surface area contributed by atoms with E-state index in [0.29, 0.717) is 22.6 Å². The Bertz CT molecular complexity index is 1280. The molecule has 0 bridgehead atoms. The van der Waals surface area contributed by atoms with Crippen molar-refractivity contribution in [1.29, 1.82) is 5.26 Å². The van der Waals surface area contributed by atoms with Crippen LogP contribution in [0, 0.1) is 11.3 Å². The number of nitriles is 1. The number of ether oxygens (including phenoxy) is 1. The molecule has 1 aliphatic rings. The van der Waals surface area contributed by atoms with Crippen molar-refractivity contribution in [1.82, 2.24) is 4.98 Å². The van der Waals surface area contributed by atoms with Crippen molar-refractivity contribution in [3.8, 4) is 11.8 Å². The number of carbonyl (C=O) groups excluding carboxylic acids is 2. The van der Waals surface area contributed by atoms with Gasteiger partial charge in [-0.3, -0.25) is 19.5 Å². The predicted octanol–water partition coefficient (Wildman–Crippen LogP) is 4.24. The maximum Gasteiger partial charge on any atom is 0.300 e. The lowest BCUT2D eigenvalue weighted by Gasteiger charge is -2.25. The highest BCUT2D eigenvalue weighted by Gasteiger charge is 2.47. The van der Waals surface area contributed by atoms with Gasteiger partial charge in [0.25, 0.3) is 11.7 Å². The number of Topliss-reactive ketones (excluding diaryl/α,β-unsaturated/α-hetero) is 1. The molecule has 1 saturated heterocycles. The van der Waals surface area contributed by atoms with Crippen LogP contribution in [0.2, 0.25) is 5.02 Å². The summed E-state index contributed by atoms with van der Waals surface area (Å²) in [5.41, 5.74) is 1.54. The van der Waals surface area contributed by atoms with E-state index in [0.717, 1.165) is 0 Å². The molecule has 1 unspecified atom stereocenters. The van der Waals surface area contributed by atoms with Crippen LogP contribution in [-0.2, 0) is 9.59 Å². The third kappa shape index (κ3) is 3.57. The van der Waals surface area contributed by atoms with Gasteiger partial charge in [-0.2, -0.15) is 5.26 Å². The molecule has 0 aliphatic carbocycles. The average molecular weight is 446 g/mol. The van der Waals surface area contributed by atoms with Crippen LogP contribution in [0.4, 0.5) is 5.69 Å². The van der Waals surface area contributed by atoms with E-state index in [-0.39, 0.29) is 21.9 Å². The minimum Gasteiger partial charge on any atom is -0.507 e. The van der Waals surface area contributed by atoms with Crippen LogP contribution in [0.5, 0.6) is 5.75 Å². The van der Waals surface area contributed by atoms with Gasteiger partial charge in [0.2, 0.25) is 0 Å². The minimum atomic E-state index is -0.919. The zero-order chi connectivity index (χ0) is 22.8. The highest BCUT2D eigenvalue weighted by atomic mass is 35.5. The maximum atomic E-state index is 13.1. The lowest BCUT2D eigenvalue weighted by Crippen LogP contribution is -2.29. The van der Waals surface area contributed by atoms with Crippen molar-refractivity contribution in [2.45, 2.75) is 6.04 Å². The molecule has 1 aromatic heterocycles. The minimum absolute atomic E-state index is 0.0893. The molecule has 3 aromatic rings. The Morgan fingerprint density at radius 2 is 1.94 bits per heavy atom. The number of methoxy groups -OCH3 is 1. The molecule has 32 heavy (non-hydrogen) atoms. The van der Waals surface area contributed by atoms with Gasteiger partial charge in [-0.15, -0.1) is 0 Å². The van der Waals surface area contributed by atoms with Gasteiger partial charge in [0.15, 0.2) is 0 Å². The van der Waals surface area contributed by atoms with E-state index >= 15 is 0 Å². The number of hydrogen-bond donors (Lipinski definition) is 1. The van der Waals surface area contributed by atoms with E-state index in [1.807, 2.05) is 6.07 Å². The van der Waals surface area contributed by atoms with Crippen LogP contribution >= 0.6 is 11.6 Å². The smallest absolute Gasteiger partial charge is 0.300 e. The van der Waals surface area contributed by atoms with Gasteiger partial charge in [0.05, 0.1) is 35.4 Å². The van der Waals surface area contributed by atoms with E-state index in [4.69, 9.17) is 21.6 Å². The number of ketones is 1. The molecule has 8 heteroatoms. The number of nitrogens with zero attached hydrogens (tertiary/aromatic N) is 3. The Morgan fingerprint density at radius 3 is 2.53 bits per heavy atom. The second-order valence-corrected chi connectivity index (χ2v) is 7.37. The third-order valence-corrected chi connectivity index (χ3v) is 5.44. The number of carbonyl (C=O) groups is 2. The first kappa shape index (κ1) is 21.1. The van der Waals surface area contributed by atoms with Gasteiger partial charge in [-0.1, -0.05) is 17.7 Å². The summed E-state index contributed by atoms with van der Waals surface area (Å²) in [4.78, 5) is 31.5. The van der Waals surface area contributed by atoms with Crippen LogP contribution in [0.15, 0.2) is 72.6 Å². The summed E-state index contributed by atoms with van der Waals surface area (Å²) in [7, 11) is 1.46. The fourth-order valence-electron chi connectivity index (χ4n) is 3.62. The summed E-state index contributed by atoms with van der Waals surface area (Å²) < 4.78 is 5.14. The van der Waals surface area contributed by atoms with Crippen LogP contribution in [-0.4, -0.2) is 28.9 Å². The number of benzene rings is 2. The topological polar surface area (TPSA) is 104 Å². The molecule has 0 spiro atoms. The van der Waals surface area contributed by atoms with Gasteiger partial charge in [-0.25, -0.2) is 0 Å². The normalized spacial score (nSPS) is 17.3. The Hall–Kier alpha value is -4.15. The number of aliphatic hydroxyl groups excluding tert-OH is 1. The molecule has 0 radical (unpaired) electrons. The molecular weight excluding hydrogens is 430 g/mol. The number of hydrogen-bond acceptors (Lipinski definition) is 6. The zero-order valence-corrected chi connectivity index (χ0v) is 17.6. The number of aliphatic hydroxyl groups is 1. The average Bonchev–Trinajstić information content (AvgIpc) is 3.09. The van der Waals surface area contributed by atoms with Crippen LogP contribution < -0.4 is 9.64 Å².